The van der Waals surface area contributed by atoms with E-state index in [1.54, 1.807) is 35.3 Å². The van der Waals surface area contributed by atoms with Crippen molar-refractivity contribution in [2.24, 2.45) is 0 Å². The van der Waals surface area contributed by atoms with Crippen molar-refractivity contribution in [2.75, 3.05) is 37.0 Å². The average Bonchev–Trinajstić information content (AvgIpc) is 3.47. The van der Waals surface area contributed by atoms with Crippen molar-refractivity contribution >= 4 is 33.8 Å². The highest BCUT2D eigenvalue weighted by Crippen LogP contribution is 2.31. The molecule has 8 nitrogen and oxygen atoms in total. The van der Waals surface area contributed by atoms with Crippen molar-refractivity contribution in [2.45, 2.75) is 39.5 Å². The van der Waals surface area contributed by atoms with E-state index in [1.165, 1.54) is 0 Å². The summed E-state index contributed by atoms with van der Waals surface area (Å²) in [6.07, 6.45) is 1.73. The van der Waals surface area contributed by atoms with Crippen molar-refractivity contribution in [1.29, 1.82) is 0 Å². The number of methoxy groups -OCH3 is 1. The lowest BCUT2D eigenvalue weighted by atomic mass is 10.1. The zero-order valence-electron chi connectivity index (χ0n) is 19.2. The maximum Gasteiger partial charge on any atom is 0.277 e. The van der Waals surface area contributed by atoms with E-state index in [0.717, 1.165) is 5.13 Å². The molecule has 3 aromatic rings. The summed E-state index contributed by atoms with van der Waals surface area (Å²) in [5.41, 5.74) is 1.67. The van der Waals surface area contributed by atoms with Crippen LogP contribution in [0, 0.1) is 6.92 Å². The van der Waals surface area contributed by atoms with Gasteiger partial charge in [0.15, 0.2) is 5.13 Å². The molecule has 1 aliphatic heterocycles. The number of nitrogens with zero attached hydrogens (tertiary/aromatic N) is 4. The van der Waals surface area contributed by atoms with E-state index in [9.17, 15) is 4.79 Å². The Labute approximate surface area is 202 Å². The fourth-order valence-corrected chi connectivity index (χ4v) is 5.06. The molecule has 1 aromatic carbocycles. The van der Waals surface area contributed by atoms with Gasteiger partial charge < -0.3 is 19.7 Å². The van der Waals surface area contributed by atoms with Crippen molar-refractivity contribution < 1.29 is 9.47 Å². The Kier molecular flexibility index (Phi) is 7.21. The molecule has 10 heteroatoms. The number of ether oxygens (including phenoxy) is 2. The summed E-state index contributed by atoms with van der Waals surface area (Å²) in [6.45, 7) is 8.21. The first-order valence-corrected chi connectivity index (χ1v) is 12.2. The molecule has 1 unspecified atom stereocenters. The number of nitrogens with one attached hydrogen (secondary N) is 1. The van der Waals surface area contributed by atoms with E-state index in [1.807, 2.05) is 38.3 Å². The van der Waals surface area contributed by atoms with Gasteiger partial charge in [0.1, 0.15) is 17.3 Å². The molecule has 4 rings (SSSR count). The molecular weight excluding hydrogens is 462 g/mol. The van der Waals surface area contributed by atoms with E-state index in [4.69, 9.17) is 26.1 Å². The minimum absolute atomic E-state index is 0.0662. The Bertz CT molecular complexity index is 1170. The predicted octanol–water partition coefficient (Wildman–Crippen LogP) is 4.06. The van der Waals surface area contributed by atoms with Crippen LogP contribution in [0.1, 0.15) is 19.5 Å². The Balaban J connectivity index is 1.68. The number of thiazole rings is 1. The van der Waals surface area contributed by atoms with Gasteiger partial charge in [-0.25, -0.2) is 9.97 Å². The molecule has 2 aromatic heterocycles. The molecule has 2 atom stereocenters. The van der Waals surface area contributed by atoms with Crippen LogP contribution in [0.3, 0.4) is 0 Å². The van der Waals surface area contributed by atoms with E-state index in [0.29, 0.717) is 59.8 Å². The van der Waals surface area contributed by atoms with Gasteiger partial charge in [0, 0.05) is 43.4 Å². The quantitative estimate of drug-likeness (QED) is 0.511. The van der Waals surface area contributed by atoms with E-state index in [-0.39, 0.29) is 17.7 Å². The minimum Gasteiger partial charge on any atom is -0.497 e. The number of anilines is 2. The average molecular weight is 490 g/mol. The second-order valence-corrected chi connectivity index (χ2v) is 9.04. The van der Waals surface area contributed by atoms with E-state index in [2.05, 4.69) is 15.2 Å². The molecule has 33 heavy (non-hydrogen) atoms. The maximum atomic E-state index is 13.5. The highest BCUT2D eigenvalue weighted by molar-refractivity contribution is 7.13. The smallest absolute Gasteiger partial charge is 0.277 e. The lowest BCUT2D eigenvalue weighted by Crippen LogP contribution is -2.38. The molecule has 0 saturated carbocycles. The monoisotopic (exact) mass is 489 g/mol. The fourth-order valence-electron chi connectivity index (χ4n) is 4.14. The normalized spacial score (nSPS) is 18.0. The summed E-state index contributed by atoms with van der Waals surface area (Å²) in [4.78, 5) is 24.9. The van der Waals surface area contributed by atoms with Crippen LogP contribution in [0.2, 0.25) is 5.02 Å². The van der Waals surface area contributed by atoms with Crippen LogP contribution in [0.15, 0.2) is 34.6 Å². The summed E-state index contributed by atoms with van der Waals surface area (Å²) in [5.74, 6) is 1.19. The van der Waals surface area contributed by atoms with Crippen LogP contribution in [-0.4, -0.2) is 53.5 Å². The van der Waals surface area contributed by atoms with Gasteiger partial charge in [-0.3, -0.25) is 9.36 Å². The molecule has 3 heterocycles. The van der Waals surface area contributed by atoms with Gasteiger partial charge in [-0.15, -0.1) is 11.3 Å². The second kappa shape index (κ2) is 10.1. The number of aryl methyl sites for hydroxylation is 1. The van der Waals surface area contributed by atoms with Crippen LogP contribution in [0.5, 0.6) is 5.75 Å². The Morgan fingerprint density at radius 1 is 1.30 bits per heavy atom. The summed E-state index contributed by atoms with van der Waals surface area (Å²) in [7, 11) is 1.59. The van der Waals surface area contributed by atoms with Gasteiger partial charge in [-0.1, -0.05) is 11.6 Å². The topological polar surface area (TPSA) is 81.5 Å². The highest BCUT2D eigenvalue weighted by atomic mass is 35.5. The zero-order chi connectivity index (χ0) is 23.5. The van der Waals surface area contributed by atoms with Gasteiger partial charge >= 0.3 is 0 Å². The molecule has 0 radical (unpaired) electrons. The third-order valence-electron chi connectivity index (χ3n) is 5.75. The number of benzene rings is 1. The lowest BCUT2D eigenvalue weighted by Gasteiger charge is -2.22. The first-order valence-electron chi connectivity index (χ1n) is 10.9. The van der Waals surface area contributed by atoms with Crippen molar-refractivity contribution in [3.8, 4) is 17.1 Å². The van der Waals surface area contributed by atoms with E-state index < -0.39 is 0 Å². The minimum atomic E-state index is -0.130. The Hall–Kier alpha value is -2.62. The number of hydrogen-bond donors (Lipinski definition) is 1. The van der Waals surface area contributed by atoms with Crippen LogP contribution in [-0.2, 0) is 11.3 Å². The molecular formula is C23H28ClN5O3S. The van der Waals surface area contributed by atoms with Crippen molar-refractivity contribution in [3.05, 3.63) is 50.8 Å². The molecule has 1 saturated heterocycles. The van der Waals surface area contributed by atoms with Crippen molar-refractivity contribution in [1.82, 2.24) is 14.5 Å². The molecule has 1 N–H and O–H groups in total. The highest BCUT2D eigenvalue weighted by Gasteiger charge is 2.35. The van der Waals surface area contributed by atoms with Gasteiger partial charge in [0.05, 0.1) is 30.0 Å². The number of hydrogen-bond acceptors (Lipinski definition) is 8. The number of aromatic nitrogens is 3. The van der Waals surface area contributed by atoms with Gasteiger partial charge in [-0.2, -0.15) is 0 Å². The SMILES string of the molecule is CCO[C@H]1CN(c2nccs2)CC1Nc1c(C)nc(-c2ccc(OC)cc2Cl)n(CC)c1=O. The summed E-state index contributed by atoms with van der Waals surface area (Å²) in [6, 6.07) is 5.30. The molecule has 1 aliphatic rings. The van der Waals surface area contributed by atoms with Gasteiger partial charge in [-0.05, 0) is 39.0 Å². The molecule has 0 spiro atoms. The molecule has 0 amide bonds. The van der Waals surface area contributed by atoms with Crippen molar-refractivity contribution in [3.63, 3.8) is 0 Å². The third kappa shape index (κ3) is 4.71. The fraction of sp³-hybridized carbons (Fsp3) is 0.435. The second-order valence-electron chi connectivity index (χ2n) is 7.76. The predicted molar refractivity (Wildman–Crippen MR) is 133 cm³/mol. The van der Waals surface area contributed by atoms with Crippen LogP contribution in [0.4, 0.5) is 10.8 Å². The van der Waals surface area contributed by atoms with E-state index >= 15 is 0 Å². The Morgan fingerprint density at radius 3 is 2.76 bits per heavy atom. The third-order valence-corrected chi connectivity index (χ3v) is 6.89. The maximum absolute atomic E-state index is 13.5. The Morgan fingerprint density at radius 2 is 2.12 bits per heavy atom. The summed E-state index contributed by atoms with van der Waals surface area (Å²) in [5, 5.41) is 6.85. The summed E-state index contributed by atoms with van der Waals surface area (Å²) < 4.78 is 12.9. The zero-order valence-corrected chi connectivity index (χ0v) is 20.7. The first kappa shape index (κ1) is 23.5. The number of rotatable bonds is 8. The van der Waals surface area contributed by atoms with Gasteiger partial charge in [0.2, 0.25) is 0 Å². The first-order chi connectivity index (χ1) is 16.0. The van der Waals surface area contributed by atoms with Gasteiger partial charge in [0.25, 0.3) is 5.56 Å². The van der Waals surface area contributed by atoms with Crippen LogP contribution < -0.4 is 20.5 Å². The summed E-state index contributed by atoms with van der Waals surface area (Å²) >= 11 is 8.09. The standard InChI is InChI=1S/C23H28ClN5O3S/c1-5-29-21(16-8-7-15(31-4)11-17(16)24)26-14(3)20(22(29)30)27-18-12-28(13-19(18)32-6-2)23-25-9-10-33-23/h7-11,18-19,27H,5-6,12-13H2,1-4H3/t18?,19-/m0/s1. The molecule has 176 valence electrons. The molecule has 0 bridgehead atoms. The largest absolute Gasteiger partial charge is 0.497 e. The van der Waals surface area contributed by atoms with Crippen LogP contribution >= 0.6 is 22.9 Å². The number of halogens is 1. The molecule has 0 aliphatic carbocycles. The van der Waals surface area contributed by atoms with Crippen LogP contribution in [0.25, 0.3) is 11.4 Å². The lowest BCUT2D eigenvalue weighted by molar-refractivity contribution is 0.0720. The molecule has 1 fully saturated rings.